The molecular formula is C14H17ClN2. The minimum absolute atomic E-state index is 0.318. The van der Waals surface area contributed by atoms with E-state index in [0.717, 1.165) is 42.1 Å². The summed E-state index contributed by atoms with van der Waals surface area (Å²) in [5.74, 6) is 0. The highest BCUT2D eigenvalue weighted by atomic mass is 35.5. The molecule has 17 heavy (non-hydrogen) atoms. The molecule has 1 fully saturated rings. The fourth-order valence-corrected chi connectivity index (χ4v) is 2.53. The van der Waals surface area contributed by atoms with Crippen LogP contribution in [0.15, 0.2) is 18.2 Å². The summed E-state index contributed by atoms with van der Waals surface area (Å²) in [5, 5.41) is 10.3. The molecule has 90 valence electrons. The van der Waals surface area contributed by atoms with Crippen LogP contribution in [-0.4, -0.2) is 25.0 Å². The van der Waals surface area contributed by atoms with E-state index in [0.29, 0.717) is 0 Å². The lowest BCUT2D eigenvalue weighted by molar-refractivity contribution is 0.222. The van der Waals surface area contributed by atoms with E-state index in [-0.39, 0.29) is 5.41 Å². The average molecular weight is 249 g/mol. The molecular weight excluding hydrogens is 232 g/mol. The Kier molecular flexibility index (Phi) is 3.42. The molecule has 0 aliphatic carbocycles. The Balaban J connectivity index is 2.35. The Morgan fingerprint density at radius 2 is 2.00 bits per heavy atom. The number of benzene rings is 1. The summed E-state index contributed by atoms with van der Waals surface area (Å²) in [6.45, 7) is 3.95. The van der Waals surface area contributed by atoms with E-state index in [2.05, 4.69) is 24.1 Å². The molecule has 0 bridgehead atoms. The van der Waals surface area contributed by atoms with Crippen LogP contribution in [0.1, 0.15) is 24.0 Å². The van der Waals surface area contributed by atoms with Gasteiger partial charge in [-0.2, -0.15) is 5.26 Å². The Morgan fingerprint density at radius 1 is 1.35 bits per heavy atom. The molecule has 2 nitrogen and oxygen atoms in total. The van der Waals surface area contributed by atoms with Gasteiger partial charge in [0.25, 0.3) is 0 Å². The summed E-state index contributed by atoms with van der Waals surface area (Å²) in [4.78, 5) is 2.28. The van der Waals surface area contributed by atoms with Crippen LogP contribution in [0.5, 0.6) is 0 Å². The Labute approximate surface area is 108 Å². The summed E-state index contributed by atoms with van der Waals surface area (Å²) in [7, 11) is 2.11. The van der Waals surface area contributed by atoms with Crippen molar-refractivity contribution < 1.29 is 0 Å². The standard InChI is InChI=1S/C14H17ClN2/c1-11-9-12(3-4-13(11)15)14(10-16)5-7-17(2)8-6-14/h3-4,9H,5-8H2,1-2H3. The third-order valence-corrected chi connectivity index (χ3v) is 4.19. The highest BCUT2D eigenvalue weighted by molar-refractivity contribution is 6.31. The Bertz CT molecular complexity index is 454. The van der Waals surface area contributed by atoms with Crippen molar-refractivity contribution in [2.24, 2.45) is 0 Å². The first-order chi connectivity index (χ1) is 8.07. The molecule has 0 saturated carbocycles. The van der Waals surface area contributed by atoms with E-state index in [9.17, 15) is 5.26 Å². The first kappa shape index (κ1) is 12.4. The van der Waals surface area contributed by atoms with Gasteiger partial charge < -0.3 is 4.90 Å². The van der Waals surface area contributed by atoms with E-state index < -0.39 is 0 Å². The van der Waals surface area contributed by atoms with Gasteiger partial charge in [-0.25, -0.2) is 0 Å². The van der Waals surface area contributed by atoms with Gasteiger partial charge in [0.1, 0.15) is 0 Å². The van der Waals surface area contributed by atoms with E-state index in [1.165, 1.54) is 0 Å². The summed E-state index contributed by atoms with van der Waals surface area (Å²) < 4.78 is 0. The molecule has 0 unspecified atom stereocenters. The lowest BCUT2D eigenvalue weighted by atomic mass is 9.74. The molecule has 0 radical (unpaired) electrons. The minimum Gasteiger partial charge on any atom is -0.306 e. The van der Waals surface area contributed by atoms with Crippen LogP contribution in [-0.2, 0) is 5.41 Å². The maximum absolute atomic E-state index is 9.54. The highest BCUT2D eigenvalue weighted by Crippen LogP contribution is 2.35. The smallest absolute Gasteiger partial charge is 0.0846 e. The first-order valence-electron chi connectivity index (χ1n) is 5.94. The monoisotopic (exact) mass is 248 g/mol. The SMILES string of the molecule is Cc1cc(C2(C#N)CCN(C)CC2)ccc1Cl. The number of rotatable bonds is 1. The molecule has 1 saturated heterocycles. The van der Waals surface area contributed by atoms with Crippen molar-refractivity contribution in [2.75, 3.05) is 20.1 Å². The Morgan fingerprint density at radius 3 is 2.53 bits per heavy atom. The molecule has 0 atom stereocenters. The normalized spacial score (nSPS) is 19.9. The van der Waals surface area contributed by atoms with Crippen LogP contribution in [0.3, 0.4) is 0 Å². The van der Waals surface area contributed by atoms with Gasteiger partial charge >= 0.3 is 0 Å². The van der Waals surface area contributed by atoms with E-state index in [1.54, 1.807) is 0 Å². The van der Waals surface area contributed by atoms with Gasteiger partial charge in [-0.3, -0.25) is 0 Å². The number of hydrogen-bond acceptors (Lipinski definition) is 2. The summed E-state index contributed by atoms with van der Waals surface area (Å²) in [6, 6.07) is 8.51. The van der Waals surface area contributed by atoms with Crippen LogP contribution in [0.2, 0.25) is 5.02 Å². The molecule has 2 rings (SSSR count). The summed E-state index contributed by atoms with van der Waals surface area (Å²) >= 11 is 6.04. The third-order valence-electron chi connectivity index (χ3n) is 3.77. The molecule has 1 aromatic rings. The predicted octanol–water partition coefficient (Wildman–Crippen LogP) is 3.14. The molecule has 1 aliphatic heterocycles. The van der Waals surface area contributed by atoms with Gasteiger partial charge in [-0.15, -0.1) is 0 Å². The summed E-state index contributed by atoms with van der Waals surface area (Å²) in [6.07, 6.45) is 1.81. The third kappa shape index (κ3) is 2.31. The van der Waals surface area contributed by atoms with Crippen molar-refractivity contribution in [3.63, 3.8) is 0 Å². The zero-order chi connectivity index (χ0) is 12.5. The van der Waals surface area contributed by atoms with Crippen molar-refractivity contribution in [1.82, 2.24) is 4.90 Å². The van der Waals surface area contributed by atoms with Crippen LogP contribution >= 0.6 is 11.6 Å². The van der Waals surface area contributed by atoms with Crippen molar-refractivity contribution in [2.45, 2.75) is 25.2 Å². The van der Waals surface area contributed by atoms with Crippen LogP contribution in [0.25, 0.3) is 0 Å². The van der Waals surface area contributed by atoms with Crippen LogP contribution < -0.4 is 0 Å². The van der Waals surface area contributed by atoms with Crippen LogP contribution in [0.4, 0.5) is 0 Å². The van der Waals surface area contributed by atoms with Crippen molar-refractivity contribution in [3.05, 3.63) is 34.3 Å². The second kappa shape index (κ2) is 4.68. The molecule has 1 aromatic carbocycles. The van der Waals surface area contributed by atoms with Gasteiger partial charge in [-0.1, -0.05) is 23.7 Å². The zero-order valence-corrected chi connectivity index (χ0v) is 11.1. The summed E-state index contributed by atoms with van der Waals surface area (Å²) in [5.41, 5.74) is 1.86. The zero-order valence-electron chi connectivity index (χ0n) is 10.3. The van der Waals surface area contributed by atoms with Gasteiger partial charge in [0.05, 0.1) is 11.5 Å². The average Bonchev–Trinajstić information content (AvgIpc) is 2.34. The fourth-order valence-electron chi connectivity index (χ4n) is 2.41. The van der Waals surface area contributed by atoms with Gasteiger partial charge in [0, 0.05) is 5.02 Å². The van der Waals surface area contributed by atoms with Gasteiger partial charge in [-0.05, 0) is 57.1 Å². The minimum atomic E-state index is -0.318. The number of nitrogens with zero attached hydrogens (tertiary/aromatic N) is 2. The maximum atomic E-state index is 9.54. The number of hydrogen-bond donors (Lipinski definition) is 0. The van der Waals surface area contributed by atoms with Crippen molar-refractivity contribution in [1.29, 1.82) is 5.26 Å². The second-order valence-electron chi connectivity index (χ2n) is 4.96. The maximum Gasteiger partial charge on any atom is 0.0846 e. The van der Waals surface area contributed by atoms with Crippen molar-refractivity contribution >= 4 is 11.6 Å². The van der Waals surface area contributed by atoms with E-state index in [1.807, 2.05) is 19.1 Å². The molecule has 3 heteroatoms. The Hall–Kier alpha value is -1.04. The first-order valence-corrected chi connectivity index (χ1v) is 6.32. The molecule has 0 spiro atoms. The molecule has 1 aliphatic rings. The number of aryl methyl sites for hydroxylation is 1. The largest absolute Gasteiger partial charge is 0.306 e. The molecule has 1 heterocycles. The van der Waals surface area contributed by atoms with Gasteiger partial charge in [0.2, 0.25) is 0 Å². The second-order valence-corrected chi connectivity index (χ2v) is 5.37. The lowest BCUT2D eigenvalue weighted by Crippen LogP contribution is -2.39. The predicted molar refractivity (Wildman–Crippen MR) is 70.2 cm³/mol. The number of likely N-dealkylation sites (tertiary alicyclic amines) is 1. The van der Waals surface area contributed by atoms with Crippen molar-refractivity contribution in [3.8, 4) is 6.07 Å². The van der Waals surface area contributed by atoms with Gasteiger partial charge in [0.15, 0.2) is 0 Å². The number of nitriles is 1. The quantitative estimate of drug-likeness (QED) is 0.764. The van der Waals surface area contributed by atoms with E-state index in [4.69, 9.17) is 11.6 Å². The highest BCUT2D eigenvalue weighted by Gasteiger charge is 2.35. The molecule has 0 amide bonds. The molecule has 0 aromatic heterocycles. The lowest BCUT2D eigenvalue weighted by Gasteiger charge is -2.36. The fraction of sp³-hybridized carbons (Fsp3) is 0.500. The number of halogens is 1. The van der Waals surface area contributed by atoms with E-state index >= 15 is 0 Å². The topological polar surface area (TPSA) is 27.0 Å². The molecule has 0 N–H and O–H groups in total. The van der Waals surface area contributed by atoms with Crippen LogP contribution in [0, 0.1) is 18.3 Å². The number of piperidine rings is 1.